The van der Waals surface area contributed by atoms with Crippen molar-refractivity contribution in [2.24, 2.45) is 0 Å². The minimum atomic E-state index is 0.321. The summed E-state index contributed by atoms with van der Waals surface area (Å²) in [5.41, 5.74) is 1.10. The first-order chi connectivity index (χ1) is 11.2. The van der Waals surface area contributed by atoms with Gasteiger partial charge in [0, 0.05) is 19.5 Å². The highest BCUT2D eigenvalue weighted by molar-refractivity contribution is 7.18. The molecule has 124 valence electrons. The smallest absolute Gasteiger partial charge is 0.222 e. The molecule has 0 atom stereocenters. The predicted octanol–water partition coefficient (Wildman–Crippen LogP) is 4.80. The van der Waals surface area contributed by atoms with E-state index < -0.39 is 0 Å². The molecule has 1 fully saturated rings. The highest BCUT2D eigenvalue weighted by atomic mass is 32.1. The van der Waals surface area contributed by atoms with Gasteiger partial charge in [-0.15, -0.1) is 11.3 Å². The summed E-state index contributed by atoms with van der Waals surface area (Å²) in [5.74, 6) is 0.321. The van der Waals surface area contributed by atoms with Gasteiger partial charge in [0.15, 0.2) is 0 Å². The molecule has 1 heterocycles. The Morgan fingerprint density at radius 1 is 1.22 bits per heavy atom. The number of amides is 1. The fourth-order valence-electron chi connectivity index (χ4n) is 3.43. The lowest BCUT2D eigenvalue weighted by molar-refractivity contribution is -0.132. The Bertz CT molecular complexity index is 613. The number of hydrogen-bond acceptors (Lipinski definition) is 3. The summed E-state index contributed by atoms with van der Waals surface area (Å²) in [4.78, 5) is 19.0. The first-order valence-corrected chi connectivity index (χ1v) is 9.66. The lowest BCUT2D eigenvalue weighted by atomic mass is 9.94. The van der Waals surface area contributed by atoms with Crippen LogP contribution in [0.3, 0.4) is 0 Å². The number of carbonyl (C=O) groups excluding carboxylic acids is 1. The van der Waals surface area contributed by atoms with Crippen molar-refractivity contribution in [2.45, 2.75) is 63.8 Å². The summed E-state index contributed by atoms with van der Waals surface area (Å²) in [6.45, 7) is 0. The lowest BCUT2D eigenvalue weighted by Gasteiger charge is -2.31. The lowest BCUT2D eigenvalue weighted by Crippen LogP contribution is -2.38. The number of thiazole rings is 1. The average molecular weight is 330 g/mol. The standard InChI is InChI=1S/C19H26N2OS/c1-21(15-9-3-2-4-10-15)19(22)14-8-7-13-18-20-16-11-5-6-12-17(16)23-18/h5-6,11-12,15H,2-4,7-10,13-14H2,1H3. The average Bonchev–Trinajstić information content (AvgIpc) is 3.01. The number of para-hydroxylation sites is 1. The maximum atomic E-state index is 12.3. The number of rotatable bonds is 6. The number of hydrogen-bond donors (Lipinski definition) is 0. The molecule has 0 bridgehead atoms. The van der Waals surface area contributed by atoms with Gasteiger partial charge in [-0.25, -0.2) is 4.98 Å². The number of carbonyl (C=O) groups is 1. The molecule has 1 aromatic carbocycles. The monoisotopic (exact) mass is 330 g/mol. The van der Waals surface area contributed by atoms with E-state index in [2.05, 4.69) is 23.2 Å². The van der Waals surface area contributed by atoms with Crippen LogP contribution in [0, 0.1) is 0 Å². The molecule has 0 aliphatic heterocycles. The fourth-order valence-corrected chi connectivity index (χ4v) is 4.44. The topological polar surface area (TPSA) is 33.2 Å². The van der Waals surface area contributed by atoms with E-state index in [1.807, 2.05) is 18.0 Å². The van der Waals surface area contributed by atoms with E-state index in [4.69, 9.17) is 0 Å². The van der Waals surface area contributed by atoms with Crippen molar-refractivity contribution < 1.29 is 4.79 Å². The van der Waals surface area contributed by atoms with Gasteiger partial charge >= 0.3 is 0 Å². The Hall–Kier alpha value is -1.42. The van der Waals surface area contributed by atoms with Gasteiger partial charge in [0.25, 0.3) is 0 Å². The zero-order chi connectivity index (χ0) is 16.1. The van der Waals surface area contributed by atoms with Crippen LogP contribution in [0.1, 0.15) is 56.4 Å². The van der Waals surface area contributed by atoms with Crippen LogP contribution in [0.25, 0.3) is 10.2 Å². The molecule has 0 unspecified atom stereocenters. The molecule has 0 saturated heterocycles. The van der Waals surface area contributed by atoms with Crippen LogP contribution in [-0.2, 0) is 11.2 Å². The SMILES string of the molecule is CN(C(=O)CCCCc1nc2ccccc2s1)C1CCCCC1. The zero-order valence-electron chi connectivity index (χ0n) is 14.0. The molecule has 3 rings (SSSR count). The Kier molecular flexibility index (Phi) is 5.65. The van der Waals surface area contributed by atoms with Crippen LogP contribution in [0.5, 0.6) is 0 Å². The molecule has 1 aliphatic rings. The number of benzene rings is 1. The number of fused-ring (bicyclic) bond motifs is 1. The first-order valence-electron chi connectivity index (χ1n) is 8.84. The van der Waals surface area contributed by atoms with E-state index >= 15 is 0 Å². The molecule has 23 heavy (non-hydrogen) atoms. The van der Waals surface area contributed by atoms with E-state index in [1.165, 1.54) is 41.8 Å². The van der Waals surface area contributed by atoms with E-state index in [9.17, 15) is 4.79 Å². The third-order valence-electron chi connectivity index (χ3n) is 4.89. The number of aromatic nitrogens is 1. The van der Waals surface area contributed by atoms with Gasteiger partial charge in [0.05, 0.1) is 15.2 Å². The van der Waals surface area contributed by atoms with Crippen LogP contribution in [0.15, 0.2) is 24.3 Å². The molecule has 3 nitrogen and oxygen atoms in total. The van der Waals surface area contributed by atoms with Gasteiger partial charge in [-0.05, 0) is 44.2 Å². The van der Waals surface area contributed by atoms with Gasteiger partial charge in [-0.2, -0.15) is 0 Å². The summed E-state index contributed by atoms with van der Waals surface area (Å²) in [6, 6.07) is 8.77. The molecule has 0 spiro atoms. The highest BCUT2D eigenvalue weighted by Gasteiger charge is 2.21. The van der Waals surface area contributed by atoms with Crippen molar-refractivity contribution in [3.05, 3.63) is 29.3 Å². The van der Waals surface area contributed by atoms with E-state index in [0.29, 0.717) is 18.4 Å². The van der Waals surface area contributed by atoms with E-state index in [0.717, 1.165) is 24.8 Å². The highest BCUT2D eigenvalue weighted by Crippen LogP contribution is 2.24. The fraction of sp³-hybridized carbons (Fsp3) is 0.579. The molecular weight excluding hydrogens is 304 g/mol. The molecule has 1 amide bonds. The second-order valence-electron chi connectivity index (χ2n) is 6.58. The molecule has 0 N–H and O–H groups in total. The van der Waals surface area contributed by atoms with Gasteiger partial charge in [0.2, 0.25) is 5.91 Å². The van der Waals surface area contributed by atoms with Gasteiger partial charge in [0.1, 0.15) is 0 Å². The van der Waals surface area contributed by atoms with Crippen LogP contribution in [0.2, 0.25) is 0 Å². The Morgan fingerprint density at radius 3 is 2.78 bits per heavy atom. The van der Waals surface area contributed by atoms with Gasteiger partial charge in [-0.1, -0.05) is 31.4 Å². The summed E-state index contributed by atoms with van der Waals surface area (Å²) in [5, 5.41) is 1.19. The van der Waals surface area contributed by atoms with Crippen LogP contribution in [-0.4, -0.2) is 28.9 Å². The van der Waals surface area contributed by atoms with Gasteiger partial charge < -0.3 is 4.90 Å². The van der Waals surface area contributed by atoms with Crippen LogP contribution in [0.4, 0.5) is 0 Å². The van der Waals surface area contributed by atoms with Crippen LogP contribution >= 0.6 is 11.3 Å². The second kappa shape index (κ2) is 7.91. The molecular formula is C19H26N2OS. The minimum Gasteiger partial charge on any atom is -0.343 e. The molecule has 4 heteroatoms. The zero-order valence-corrected chi connectivity index (χ0v) is 14.8. The van der Waals surface area contributed by atoms with E-state index in [-0.39, 0.29) is 0 Å². The molecule has 2 aromatic rings. The van der Waals surface area contributed by atoms with Crippen molar-refractivity contribution in [1.29, 1.82) is 0 Å². The second-order valence-corrected chi connectivity index (χ2v) is 7.69. The summed E-state index contributed by atoms with van der Waals surface area (Å²) < 4.78 is 1.26. The summed E-state index contributed by atoms with van der Waals surface area (Å²) >= 11 is 1.78. The summed E-state index contributed by atoms with van der Waals surface area (Å²) in [6.07, 6.45) is 9.94. The maximum Gasteiger partial charge on any atom is 0.222 e. The molecule has 1 aliphatic carbocycles. The quantitative estimate of drug-likeness (QED) is 0.713. The Labute approximate surface area is 142 Å². The summed E-state index contributed by atoms with van der Waals surface area (Å²) in [7, 11) is 1.99. The van der Waals surface area contributed by atoms with Crippen molar-refractivity contribution in [3.63, 3.8) is 0 Å². The van der Waals surface area contributed by atoms with Gasteiger partial charge in [-0.3, -0.25) is 4.79 Å². The normalized spacial score (nSPS) is 15.9. The van der Waals surface area contributed by atoms with Crippen molar-refractivity contribution in [3.8, 4) is 0 Å². The number of unbranched alkanes of at least 4 members (excludes halogenated alkanes) is 1. The minimum absolute atomic E-state index is 0.321. The van der Waals surface area contributed by atoms with Crippen molar-refractivity contribution >= 4 is 27.5 Å². The first kappa shape index (κ1) is 16.4. The molecule has 1 aromatic heterocycles. The third-order valence-corrected chi connectivity index (χ3v) is 5.98. The number of nitrogens with zero attached hydrogens (tertiary/aromatic N) is 2. The molecule has 0 radical (unpaired) electrons. The maximum absolute atomic E-state index is 12.3. The Morgan fingerprint density at radius 2 is 2.00 bits per heavy atom. The van der Waals surface area contributed by atoms with Crippen molar-refractivity contribution in [1.82, 2.24) is 9.88 Å². The van der Waals surface area contributed by atoms with E-state index in [1.54, 1.807) is 11.3 Å². The number of aryl methyl sites for hydroxylation is 1. The van der Waals surface area contributed by atoms with Crippen molar-refractivity contribution in [2.75, 3.05) is 7.05 Å². The Balaban J connectivity index is 1.41. The largest absolute Gasteiger partial charge is 0.343 e. The molecule has 1 saturated carbocycles. The predicted molar refractivity (Wildman–Crippen MR) is 96.8 cm³/mol. The van der Waals surface area contributed by atoms with Crippen LogP contribution < -0.4 is 0 Å². The third kappa shape index (κ3) is 4.31.